The summed E-state index contributed by atoms with van der Waals surface area (Å²) in [4.78, 5) is 4.98. The topological polar surface area (TPSA) is 76.3 Å². The number of nitrogens with zero attached hydrogens (tertiary/aromatic N) is 3. The van der Waals surface area contributed by atoms with E-state index in [1.807, 2.05) is 62.4 Å². The van der Waals surface area contributed by atoms with E-state index in [0.29, 0.717) is 16.4 Å². The Morgan fingerprint density at radius 3 is 2.38 bits per heavy atom. The highest BCUT2D eigenvalue weighted by molar-refractivity contribution is 7.93. The fourth-order valence-corrected chi connectivity index (χ4v) is 5.59. The third-order valence-corrected chi connectivity index (χ3v) is 7.35. The Labute approximate surface area is 173 Å². The van der Waals surface area contributed by atoms with E-state index in [1.54, 1.807) is 18.5 Å². The second kappa shape index (κ2) is 7.46. The molecule has 2 aromatic heterocycles. The molecule has 0 amide bonds. The summed E-state index contributed by atoms with van der Waals surface area (Å²) in [6, 6.07) is 16.7. The SMILES string of the molecule is Cc1cc(C)cc(N(C)S(=O)(=O)c2ccsc2-c2nc(-c3ccccc3)no2)c1. The van der Waals surface area contributed by atoms with Gasteiger partial charge in [0.2, 0.25) is 5.82 Å². The van der Waals surface area contributed by atoms with Gasteiger partial charge in [-0.15, -0.1) is 11.3 Å². The van der Waals surface area contributed by atoms with Gasteiger partial charge in [0.15, 0.2) is 0 Å². The first-order valence-corrected chi connectivity index (χ1v) is 11.2. The van der Waals surface area contributed by atoms with Crippen molar-refractivity contribution in [1.82, 2.24) is 10.1 Å². The minimum atomic E-state index is -3.80. The van der Waals surface area contributed by atoms with E-state index in [-0.39, 0.29) is 10.8 Å². The highest BCUT2D eigenvalue weighted by Gasteiger charge is 2.28. The Kier molecular flexibility index (Phi) is 4.97. The zero-order chi connectivity index (χ0) is 20.6. The van der Waals surface area contributed by atoms with Crippen LogP contribution in [0.5, 0.6) is 0 Å². The first kappa shape index (κ1) is 19.4. The Bertz CT molecular complexity index is 1240. The Morgan fingerprint density at radius 1 is 1.00 bits per heavy atom. The average Bonchev–Trinajstić information content (AvgIpc) is 3.37. The molecule has 0 fully saturated rings. The summed E-state index contributed by atoms with van der Waals surface area (Å²) in [6.07, 6.45) is 0. The maximum atomic E-state index is 13.3. The lowest BCUT2D eigenvalue weighted by Gasteiger charge is -2.20. The van der Waals surface area contributed by atoms with Crippen LogP contribution in [0.2, 0.25) is 0 Å². The molecule has 2 heterocycles. The van der Waals surface area contributed by atoms with Crippen LogP contribution in [0.3, 0.4) is 0 Å². The van der Waals surface area contributed by atoms with E-state index in [2.05, 4.69) is 10.1 Å². The average molecular weight is 426 g/mol. The van der Waals surface area contributed by atoms with Crippen LogP contribution in [-0.2, 0) is 10.0 Å². The van der Waals surface area contributed by atoms with Gasteiger partial charge < -0.3 is 4.52 Å². The number of benzene rings is 2. The normalized spacial score (nSPS) is 11.6. The number of rotatable bonds is 5. The van der Waals surface area contributed by atoms with Crippen molar-refractivity contribution >= 4 is 27.0 Å². The van der Waals surface area contributed by atoms with Gasteiger partial charge >= 0.3 is 0 Å². The minimum absolute atomic E-state index is 0.146. The minimum Gasteiger partial charge on any atom is -0.333 e. The quantitative estimate of drug-likeness (QED) is 0.454. The van der Waals surface area contributed by atoms with Gasteiger partial charge in [-0.3, -0.25) is 4.31 Å². The van der Waals surface area contributed by atoms with E-state index in [9.17, 15) is 8.42 Å². The molecule has 8 heteroatoms. The summed E-state index contributed by atoms with van der Waals surface area (Å²) >= 11 is 1.25. The van der Waals surface area contributed by atoms with Crippen LogP contribution < -0.4 is 4.31 Å². The third kappa shape index (κ3) is 3.68. The molecule has 0 radical (unpaired) electrons. The molecule has 0 bridgehead atoms. The lowest BCUT2D eigenvalue weighted by atomic mass is 10.1. The summed E-state index contributed by atoms with van der Waals surface area (Å²) in [6.45, 7) is 3.88. The predicted molar refractivity (Wildman–Crippen MR) is 115 cm³/mol. The number of hydrogen-bond donors (Lipinski definition) is 0. The Balaban J connectivity index is 1.73. The molecule has 0 saturated heterocycles. The number of anilines is 1. The Hall–Kier alpha value is -2.97. The third-order valence-electron chi connectivity index (χ3n) is 4.49. The van der Waals surface area contributed by atoms with Crippen LogP contribution in [-0.4, -0.2) is 25.6 Å². The second-order valence-corrected chi connectivity index (χ2v) is 9.58. The van der Waals surface area contributed by atoms with Crippen molar-refractivity contribution in [2.75, 3.05) is 11.4 Å². The molecular weight excluding hydrogens is 406 g/mol. The molecule has 148 valence electrons. The summed E-state index contributed by atoms with van der Waals surface area (Å²) in [5, 5.41) is 5.72. The molecule has 0 N–H and O–H groups in total. The van der Waals surface area contributed by atoms with E-state index < -0.39 is 10.0 Å². The number of sulfonamides is 1. The molecule has 0 aliphatic carbocycles. The van der Waals surface area contributed by atoms with Crippen molar-refractivity contribution in [3.63, 3.8) is 0 Å². The maximum absolute atomic E-state index is 13.3. The number of aryl methyl sites for hydroxylation is 2. The van der Waals surface area contributed by atoms with Crippen LogP contribution in [0, 0.1) is 13.8 Å². The molecule has 0 unspecified atom stereocenters. The number of aromatic nitrogens is 2. The number of hydrogen-bond acceptors (Lipinski definition) is 6. The molecule has 4 rings (SSSR count). The van der Waals surface area contributed by atoms with Gasteiger partial charge in [0, 0.05) is 12.6 Å². The first-order chi connectivity index (χ1) is 13.9. The van der Waals surface area contributed by atoms with Crippen molar-refractivity contribution in [3.05, 3.63) is 71.1 Å². The predicted octanol–water partition coefficient (Wildman–Crippen LogP) is 4.91. The van der Waals surface area contributed by atoms with E-state index in [0.717, 1.165) is 16.7 Å². The van der Waals surface area contributed by atoms with E-state index in [4.69, 9.17) is 4.52 Å². The van der Waals surface area contributed by atoms with Crippen molar-refractivity contribution in [1.29, 1.82) is 0 Å². The van der Waals surface area contributed by atoms with Crippen LogP contribution in [0.4, 0.5) is 5.69 Å². The zero-order valence-corrected chi connectivity index (χ0v) is 17.8. The molecule has 6 nitrogen and oxygen atoms in total. The van der Waals surface area contributed by atoms with Crippen LogP contribution in [0.1, 0.15) is 11.1 Å². The molecule has 0 spiro atoms. The monoisotopic (exact) mass is 425 g/mol. The second-order valence-electron chi connectivity index (χ2n) is 6.72. The molecule has 0 aliphatic heterocycles. The van der Waals surface area contributed by atoms with Gasteiger partial charge in [-0.25, -0.2) is 8.42 Å². The van der Waals surface area contributed by atoms with Crippen molar-refractivity contribution in [2.45, 2.75) is 18.7 Å². The summed E-state index contributed by atoms with van der Waals surface area (Å²) < 4.78 is 33.3. The van der Waals surface area contributed by atoms with Gasteiger partial charge in [0.05, 0.1) is 5.69 Å². The lowest BCUT2D eigenvalue weighted by Crippen LogP contribution is -2.26. The molecule has 0 atom stereocenters. The zero-order valence-electron chi connectivity index (χ0n) is 16.2. The highest BCUT2D eigenvalue weighted by atomic mass is 32.2. The fourth-order valence-electron chi connectivity index (χ4n) is 3.10. The highest BCUT2D eigenvalue weighted by Crippen LogP contribution is 2.35. The summed E-state index contributed by atoms with van der Waals surface area (Å²) in [7, 11) is -2.25. The maximum Gasteiger partial charge on any atom is 0.269 e. The van der Waals surface area contributed by atoms with Gasteiger partial charge in [-0.1, -0.05) is 41.6 Å². The van der Waals surface area contributed by atoms with E-state index >= 15 is 0 Å². The molecule has 0 aliphatic rings. The first-order valence-electron chi connectivity index (χ1n) is 8.90. The van der Waals surface area contributed by atoms with Crippen LogP contribution >= 0.6 is 11.3 Å². The number of thiophene rings is 1. The van der Waals surface area contributed by atoms with Gasteiger partial charge in [0.1, 0.15) is 9.77 Å². The summed E-state index contributed by atoms with van der Waals surface area (Å²) in [5.41, 5.74) is 3.40. The molecule has 29 heavy (non-hydrogen) atoms. The van der Waals surface area contributed by atoms with Crippen molar-refractivity contribution < 1.29 is 12.9 Å². The summed E-state index contributed by atoms with van der Waals surface area (Å²) in [5.74, 6) is 0.603. The van der Waals surface area contributed by atoms with E-state index in [1.165, 1.54) is 15.6 Å². The molecule has 2 aromatic carbocycles. The van der Waals surface area contributed by atoms with Crippen LogP contribution in [0.25, 0.3) is 22.2 Å². The van der Waals surface area contributed by atoms with Crippen molar-refractivity contribution in [2.24, 2.45) is 0 Å². The van der Waals surface area contributed by atoms with Crippen LogP contribution in [0.15, 0.2) is 69.4 Å². The molecule has 4 aromatic rings. The Morgan fingerprint density at radius 2 is 1.69 bits per heavy atom. The smallest absolute Gasteiger partial charge is 0.269 e. The largest absolute Gasteiger partial charge is 0.333 e. The standard InChI is InChI=1S/C21H19N3O3S2/c1-14-11-15(2)13-17(12-14)24(3)29(25,26)18-9-10-28-19(18)21-22-20(23-27-21)16-7-5-4-6-8-16/h4-13H,1-3H3. The van der Waals surface area contributed by atoms with Crippen molar-refractivity contribution in [3.8, 4) is 22.2 Å². The fraction of sp³-hybridized carbons (Fsp3) is 0.143. The van der Waals surface area contributed by atoms with Gasteiger partial charge in [-0.05, 0) is 48.6 Å². The van der Waals surface area contributed by atoms with Gasteiger partial charge in [0.25, 0.3) is 15.9 Å². The molecular formula is C21H19N3O3S2. The van der Waals surface area contributed by atoms with Gasteiger partial charge in [-0.2, -0.15) is 4.98 Å². The molecule has 0 saturated carbocycles. The lowest BCUT2D eigenvalue weighted by molar-refractivity contribution is 0.432.